The second-order valence-electron chi connectivity index (χ2n) is 7.33. The van der Waals surface area contributed by atoms with Crippen molar-refractivity contribution in [3.63, 3.8) is 0 Å². The Morgan fingerprint density at radius 3 is 1.81 bits per heavy atom. The molecule has 2 atom stereocenters. The number of methoxy groups -OCH3 is 4. The van der Waals surface area contributed by atoms with Gasteiger partial charge in [0.1, 0.15) is 0 Å². The molecule has 1 saturated heterocycles. The molecule has 0 spiro atoms. The van der Waals surface area contributed by atoms with Crippen LogP contribution >= 0.6 is 0 Å². The summed E-state index contributed by atoms with van der Waals surface area (Å²) < 4.78 is 33.6. The second-order valence-corrected chi connectivity index (χ2v) is 7.33. The van der Waals surface area contributed by atoms with Gasteiger partial charge in [-0.25, -0.2) is 0 Å². The van der Waals surface area contributed by atoms with Crippen molar-refractivity contribution in [2.24, 2.45) is 0 Å². The summed E-state index contributed by atoms with van der Waals surface area (Å²) in [6.45, 7) is 2.29. The summed E-state index contributed by atoms with van der Waals surface area (Å²) in [6, 6.07) is 6.98. The molecule has 9 nitrogen and oxygen atoms in total. The Bertz CT molecular complexity index is 936. The van der Waals surface area contributed by atoms with E-state index in [2.05, 4.69) is 0 Å². The first-order chi connectivity index (χ1) is 15.5. The van der Waals surface area contributed by atoms with E-state index in [4.69, 9.17) is 28.4 Å². The lowest BCUT2D eigenvalue weighted by Crippen LogP contribution is -2.05. The molecule has 174 valence electrons. The minimum Gasteiger partial charge on any atom is -0.493 e. The first-order valence-electron chi connectivity index (χ1n) is 10.4. The molecule has 1 heterocycles. The first kappa shape index (κ1) is 23.5. The van der Waals surface area contributed by atoms with Crippen LogP contribution in [0.3, 0.4) is 0 Å². The Hall–Kier alpha value is -3.20. The van der Waals surface area contributed by atoms with E-state index < -0.39 is 4.92 Å². The van der Waals surface area contributed by atoms with Crippen molar-refractivity contribution in [1.82, 2.24) is 0 Å². The number of nitro benzene ring substituents is 1. The zero-order valence-electron chi connectivity index (χ0n) is 19.0. The third kappa shape index (κ3) is 4.67. The summed E-state index contributed by atoms with van der Waals surface area (Å²) in [5.41, 5.74) is 1.42. The standard InChI is InChI=1S/C23H29NO8/c1-6-9-31-22-16(24(25)26)10-14(11-19(22)27-2)17-7-8-18(32-17)15-12-20(28-3)23(30-5)21(13-15)29-4/h10-13,17-18H,6-9H2,1-5H3/t17-,18-/m1/s1. The molecule has 0 unspecified atom stereocenters. The number of nitro groups is 1. The van der Waals surface area contributed by atoms with Crippen LogP contribution in [-0.2, 0) is 4.74 Å². The van der Waals surface area contributed by atoms with E-state index in [1.54, 1.807) is 27.4 Å². The molecule has 0 bridgehead atoms. The Labute approximate surface area is 187 Å². The summed E-state index contributed by atoms with van der Waals surface area (Å²) in [5, 5.41) is 11.7. The van der Waals surface area contributed by atoms with Gasteiger partial charge in [-0.3, -0.25) is 10.1 Å². The van der Waals surface area contributed by atoms with Crippen molar-refractivity contribution < 1.29 is 33.3 Å². The molecule has 9 heteroatoms. The molecule has 1 aliphatic heterocycles. The average Bonchev–Trinajstić information content (AvgIpc) is 3.31. The quantitative estimate of drug-likeness (QED) is 0.370. The molecule has 0 radical (unpaired) electrons. The Morgan fingerprint density at radius 2 is 1.38 bits per heavy atom. The SMILES string of the molecule is CCCOc1c(OC)cc([C@H]2CC[C@H](c3cc(OC)c(OC)c(OC)c3)O2)cc1[N+](=O)[O-]. The third-order valence-electron chi connectivity index (χ3n) is 5.37. The van der Waals surface area contributed by atoms with Crippen LogP contribution in [0.5, 0.6) is 28.7 Å². The lowest BCUT2D eigenvalue weighted by molar-refractivity contribution is -0.386. The highest BCUT2D eigenvalue weighted by Crippen LogP contribution is 2.48. The maximum atomic E-state index is 11.7. The highest BCUT2D eigenvalue weighted by atomic mass is 16.6. The van der Waals surface area contributed by atoms with Gasteiger partial charge < -0.3 is 28.4 Å². The first-order valence-corrected chi connectivity index (χ1v) is 10.4. The number of hydrogen-bond acceptors (Lipinski definition) is 8. The fourth-order valence-corrected chi connectivity index (χ4v) is 3.85. The highest BCUT2D eigenvalue weighted by molar-refractivity contribution is 5.59. The van der Waals surface area contributed by atoms with Crippen molar-refractivity contribution in [3.8, 4) is 28.7 Å². The number of hydrogen-bond donors (Lipinski definition) is 0. The van der Waals surface area contributed by atoms with Crippen molar-refractivity contribution in [2.75, 3.05) is 35.0 Å². The number of ether oxygens (including phenoxy) is 6. The Morgan fingerprint density at radius 1 is 0.875 bits per heavy atom. The molecule has 1 fully saturated rings. The van der Waals surface area contributed by atoms with Crippen LogP contribution in [0, 0.1) is 10.1 Å². The fraction of sp³-hybridized carbons (Fsp3) is 0.478. The maximum Gasteiger partial charge on any atom is 0.315 e. The van der Waals surface area contributed by atoms with Crippen molar-refractivity contribution >= 4 is 5.69 Å². The molecule has 0 saturated carbocycles. The van der Waals surface area contributed by atoms with Crippen LogP contribution in [-0.4, -0.2) is 40.0 Å². The van der Waals surface area contributed by atoms with Gasteiger partial charge in [-0.05, 0) is 48.6 Å². The van der Waals surface area contributed by atoms with Gasteiger partial charge in [0.15, 0.2) is 17.2 Å². The van der Waals surface area contributed by atoms with Crippen LogP contribution in [0.15, 0.2) is 24.3 Å². The molecule has 2 aromatic rings. The molecular weight excluding hydrogens is 418 g/mol. The number of nitrogens with zero attached hydrogens (tertiary/aromatic N) is 1. The summed E-state index contributed by atoms with van der Waals surface area (Å²) in [7, 11) is 6.14. The van der Waals surface area contributed by atoms with Crippen LogP contribution in [0.1, 0.15) is 49.5 Å². The zero-order chi connectivity index (χ0) is 23.3. The molecular formula is C23H29NO8. The van der Waals surface area contributed by atoms with Gasteiger partial charge in [0.2, 0.25) is 11.5 Å². The topological polar surface area (TPSA) is 98.5 Å². The molecule has 1 aliphatic rings. The molecule has 32 heavy (non-hydrogen) atoms. The summed E-state index contributed by atoms with van der Waals surface area (Å²) >= 11 is 0. The number of benzene rings is 2. The Kier molecular flexibility index (Phi) is 7.63. The van der Waals surface area contributed by atoms with Crippen molar-refractivity contribution in [1.29, 1.82) is 0 Å². The van der Waals surface area contributed by atoms with Crippen LogP contribution in [0.4, 0.5) is 5.69 Å². The lowest BCUT2D eigenvalue weighted by atomic mass is 10.0. The van der Waals surface area contributed by atoms with Crippen LogP contribution < -0.4 is 23.7 Å². The zero-order valence-corrected chi connectivity index (χ0v) is 19.0. The van der Waals surface area contributed by atoms with Crippen molar-refractivity contribution in [3.05, 3.63) is 45.5 Å². The normalized spacial score (nSPS) is 17.7. The van der Waals surface area contributed by atoms with Gasteiger partial charge >= 0.3 is 5.69 Å². The summed E-state index contributed by atoms with van der Waals surface area (Å²) in [5.74, 6) is 2.06. The monoisotopic (exact) mass is 447 g/mol. The van der Waals surface area contributed by atoms with E-state index >= 15 is 0 Å². The minimum absolute atomic E-state index is 0.132. The number of rotatable bonds is 10. The maximum absolute atomic E-state index is 11.7. The predicted octanol–water partition coefficient (Wildman–Crippen LogP) is 5.01. The largest absolute Gasteiger partial charge is 0.493 e. The van der Waals surface area contributed by atoms with E-state index in [9.17, 15) is 10.1 Å². The molecule has 0 aliphatic carbocycles. The van der Waals surface area contributed by atoms with E-state index in [-0.39, 0.29) is 23.6 Å². The highest BCUT2D eigenvalue weighted by Gasteiger charge is 2.32. The molecule has 0 aromatic heterocycles. The van der Waals surface area contributed by atoms with Crippen LogP contribution in [0.25, 0.3) is 0 Å². The summed E-state index contributed by atoms with van der Waals surface area (Å²) in [4.78, 5) is 11.2. The van der Waals surface area contributed by atoms with E-state index in [1.165, 1.54) is 13.2 Å². The second kappa shape index (κ2) is 10.4. The molecule has 0 amide bonds. The average molecular weight is 447 g/mol. The fourth-order valence-electron chi connectivity index (χ4n) is 3.85. The predicted molar refractivity (Wildman–Crippen MR) is 117 cm³/mol. The molecule has 3 rings (SSSR count). The van der Waals surface area contributed by atoms with Gasteiger partial charge in [0.25, 0.3) is 0 Å². The third-order valence-corrected chi connectivity index (χ3v) is 5.37. The van der Waals surface area contributed by atoms with Gasteiger partial charge in [-0.1, -0.05) is 6.92 Å². The molecule has 0 N–H and O–H groups in total. The van der Waals surface area contributed by atoms with Crippen molar-refractivity contribution in [2.45, 2.75) is 38.4 Å². The van der Waals surface area contributed by atoms with Gasteiger partial charge in [-0.15, -0.1) is 0 Å². The minimum atomic E-state index is -0.456. The van der Waals surface area contributed by atoms with Gasteiger partial charge in [-0.2, -0.15) is 0 Å². The molecule has 2 aromatic carbocycles. The lowest BCUT2D eigenvalue weighted by Gasteiger charge is -2.19. The van der Waals surface area contributed by atoms with E-state index in [0.717, 1.165) is 18.4 Å². The van der Waals surface area contributed by atoms with Gasteiger partial charge in [0, 0.05) is 6.07 Å². The van der Waals surface area contributed by atoms with E-state index in [0.29, 0.717) is 41.6 Å². The summed E-state index contributed by atoms with van der Waals surface area (Å²) in [6.07, 6.45) is 1.59. The smallest absolute Gasteiger partial charge is 0.315 e. The Balaban J connectivity index is 1.91. The van der Waals surface area contributed by atoms with E-state index in [1.807, 2.05) is 19.1 Å². The van der Waals surface area contributed by atoms with Gasteiger partial charge in [0.05, 0.1) is 52.2 Å². The van der Waals surface area contributed by atoms with Crippen LogP contribution in [0.2, 0.25) is 0 Å².